The summed E-state index contributed by atoms with van der Waals surface area (Å²) in [4.78, 5) is 11.2. The van der Waals surface area contributed by atoms with Gasteiger partial charge < -0.3 is 10.4 Å². The van der Waals surface area contributed by atoms with Crippen LogP contribution in [0.25, 0.3) is 0 Å². The molecule has 0 aromatic carbocycles. The Morgan fingerprint density at radius 3 is 2.71 bits per heavy atom. The van der Waals surface area contributed by atoms with Crippen molar-refractivity contribution in [1.82, 2.24) is 5.32 Å². The van der Waals surface area contributed by atoms with Gasteiger partial charge in [-0.2, -0.15) is 5.26 Å². The minimum absolute atomic E-state index is 0.141. The van der Waals surface area contributed by atoms with E-state index in [-0.39, 0.29) is 12.5 Å². The molecule has 4 heteroatoms. The van der Waals surface area contributed by atoms with Gasteiger partial charge in [0.2, 0.25) is 5.91 Å². The molecule has 0 aliphatic carbocycles. The lowest BCUT2D eigenvalue weighted by Gasteiger charge is -2.14. The average molecular weight is 198 g/mol. The van der Waals surface area contributed by atoms with Crippen LogP contribution in [-0.2, 0) is 4.79 Å². The summed E-state index contributed by atoms with van der Waals surface area (Å²) < 4.78 is 0. The average Bonchev–Trinajstić information content (AvgIpc) is 2.22. The Kier molecular flexibility index (Phi) is 6.77. The van der Waals surface area contributed by atoms with Crippen LogP contribution in [0.5, 0.6) is 0 Å². The number of hydrogen-bond acceptors (Lipinski definition) is 3. The Hall–Kier alpha value is -1.08. The molecule has 4 nitrogen and oxygen atoms in total. The predicted molar refractivity (Wildman–Crippen MR) is 53.3 cm³/mol. The summed E-state index contributed by atoms with van der Waals surface area (Å²) in [5.41, 5.74) is 0. The molecule has 2 N–H and O–H groups in total. The van der Waals surface area contributed by atoms with Crippen LogP contribution in [-0.4, -0.2) is 24.2 Å². The molecule has 0 aliphatic rings. The molecule has 0 heterocycles. The van der Waals surface area contributed by atoms with Gasteiger partial charge in [0, 0.05) is 13.2 Å². The van der Waals surface area contributed by atoms with E-state index in [1.54, 1.807) is 6.92 Å². The highest BCUT2D eigenvalue weighted by atomic mass is 16.3. The standard InChI is InChI=1S/C10H18N2O2/c1-3-9(4-5-13)7-12-10(14)8(2)6-11/h8-9,13H,3-5,7H2,1-2H3,(H,12,14). The van der Waals surface area contributed by atoms with Crippen LogP contribution < -0.4 is 5.32 Å². The summed E-state index contributed by atoms with van der Waals surface area (Å²) >= 11 is 0. The highest BCUT2D eigenvalue weighted by Gasteiger charge is 2.13. The van der Waals surface area contributed by atoms with Crippen LogP contribution in [0.4, 0.5) is 0 Å². The van der Waals surface area contributed by atoms with Gasteiger partial charge in [-0.05, 0) is 19.3 Å². The maximum atomic E-state index is 11.2. The van der Waals surface area contributed by atoms with Crippen molar-refractivity contribution in [1.29, 1.82) is 5.26 Å². The number of rotatable bonds is 6. The Morgan fingerprint density at radius 2 is 2.29 bits per heavy atom. The normalized spacial score (nSPS) is 14.1. The van der Waals surface area contributed by atoms with E-state index in [2.05, 4.69) is 5.32 Å². The summed E-state index contributed by atoms with van der Waals surface area (Å²) in [5, 5.41) is 19.9. The molecular formula is C10H18N2O2. The second kappa shape index (κ2) is 7.34. The van der Waals surface area contributed by atoms with Crippen molar-refractivity contribution < 1.29 is 9.90 Å². The van der Waals surface area contributed by atoms with E-state index >= 15 is 0 Å². The van der Waals surface area contributed by atoms with Crippen molar-refractivity contribution in [2.24, 2.45) is 11.8 Å². The van der Waals surface area contributed by atoms with Gasteiger partial charge in [-0.25, -0.2) is 0 Å². The molecule has 0 spiro atoms. The number of amides is 1. The molecule has 0 radical (unpaired) electrons. The van der Waals surface area contributed by atoms with E-state index in [0.717, 1.165) is 6.42 Å². The molecule has 80 valence electrons. The van der Waals surface area contributed by atoms with E-state index in [9.17, 15) is 4.79 Å². The molecule has 0 bridgehead atoms. The first-order valence-corrected chi connectivity index (χ1v) is 4.93. The van der Waals surface area contributed by atoms with Crippen LogP contribution in [0.1, 0.15) is 26.7 Å². The quantitative estimate of drug-likeness (QED) is 0.659. The van der Waals surface area contributed by atoms with Crippen LogP contribution in [0.3, 0.4) is 0 Å². The minimum atomic E-state index is -0.596. The van der Waals surface area contributed by atoms with Crippen molar-refractivity contribution in [3.8, 4) is 6.07 Å². The zero-order valence-corrected chi connectivity index (χ0v) is 8.79. The number of nitrogens with one attached hydrogen (secondary N) is 1. The summed E-state index contributed by atoms with van der Waals surface area (Å²) in [5.74, 6) is -0.527. The van der Waals surface area contributed by atoms with Crippen LogP contribution in [0.15, 0.2) is 0 Å². The molecule has 0 saturated heterocycles. The van der Waals surface area contributed by atoms with E-state index < -0.39 is 5.92 Å². The van der Waals surface area contributed by atoms with Gasteiger partial charge in [-0.3, -0.25) is 4.79 Å². The number of nitriles is 1. The second-order valence-corrected chi connectivity index (χ2v) is 3.38. The third kappa shape index (κ3) is 4.83. The number of hydrogen-bond donors (Lipinski definition) is 2. The number of nitrogens with zero attached hydrogens (tertiary/aromatic N) is 1. The second-order valence-electron chi connectivity index (χ2n) is 3.38. The molecule has 0 aromatic rings. The van der Waals surface area contributed by atoms with E-state index in [1.807, 2.05) is 13.0 Å². The third-order valence-electron chi connectivity index (χ3n) is 2.27. The van der Waals surface area contributed by atoms with Gasteiger partial charge >= 0.3 is 0 Å². The van der Waals surface area contributed by atoms with Gasteiger partial charge in [0.1, 0.15) is 5.92 Å². The van der Waals surface area contributed by atoms with Gasteiger partial charge in [-0.1, -0.05) is 13.3 Å². The van der Waals surface area contributed by atoms with Crippen LogP contribution >= 0.6 is 0 Å². The summed E-state index contributed by atoms with van der Waals surface area (Å²) in [7, 11) is 0. The van der Waals surface area contributed by atoms with E-state index in [1.165, 1.54) is 0 Å². The molecule has 0 saturated carbocycles. The van der Waals surface area contributed by atoms with Gasteiger partial charge in [0.25, 0.3) is 0 Å². The molecule has 0 rings (SSSR count). The number of aliphatic hydroxyl groups excluding tert-OH is 1. The molecular weight excluding hydrogens is 180 g/mol. The summed E-state index contributed by atoms with van der Waals surface area (Å²) in [6, 6.07) is 1.88. The Labute approximate surface area is 84.9 Å². The van der Waals surface area contributed by atoms with E-state index in [0.29, 0.717) is 18.9 Å². The lowest BCUT2D eigenvalue weighted by atomic mass is 10.0. The largest absolute Gasteiger partial charge is 0.396 e. The minimum Gasteiger partial charge on any atom is -0.396 e. The Bertz CT molecular complexity index is 211. The van der Waals surface area contributed by atoms with Crippen molar-refractivity contribution in [3.63, 3.8) is 0 Å². The van der Waals surface area contributed by atoms with Crippen LogP contribution in [0.2, 0.25) is 0 Å². The zero-order chi connectivity index (χ0) is 11.0. The number of carbonyl (C=O) groups is 1. The SMILES string of the molecule is CCC(CCO)CNC(=O)C(C)C#N. The lowest BCUT2D eigenvalue weighted by molar-refractivity contribution is -0.123. The topological polar surface area (TPSA) is 73.1 Å². The van der Waals surface area contributed by atoms with Crippen molar-refractivity contribution >= 4 is 5.91 Å². The molecule has 0 aliphatic heterocycles. The van der Waals surface area contributed by atoms with Gasteiger partial charge in [-0.15, -0.1) is 0 Å². The van der Waals surface area contributed by atoms with Crippen molar-refractivity contribution in [2.75, 3.05) is 13.2 Å². The zero-order valence-electron chi connectivity index (χ0n) is 8.79. The fraction of sp³-hybridized carbons (Fsp3) is 0.800. The summed E-state index contributed by atoms with van der Waals surface area (Å²) in [6.45, 7) is 4.27. The Morgan fingerprint density at radius 1 is 1.64 bits per heavy atom. The highest BCUT2D eigenvalue weighted by Crippen LogP contribution is 2.05. The fourth-order valence-electron chi connectivity index (χ4n) is 1.09. The monoisotopic (exact) mass is 198 g/mol. The fourth-order valence-corrected chi connectivity index (χ4v) is 1.09. The van der Waals surface area contributed by atoms with Gasteiger partial charge in [0.15, 0.2) is 0 Å². The molecule has 1 amide bonds. The molecule has 2 atom stereocenters. The predicted octanol–water partition coefficient (Wildman–Crippen LogP) is 0.671. The van der Waals surface area contributed by atoms with Gasteiger partial charge in [0.05, 0.1) is 6.07 Å². The number of carbonyl (C=O) groups excluding carboxylic acids is 1. The van der Waals surface area contributed by atoms with E-state index in [4.69, 9.17) is 10.4 Å². The first kappa shape index (κ1) is 12.9. The third-order valence-corrected chi connectivity index (χ3v) is 2.27. The first-order valence-electron chi connectivity index (χ1n) is 4.93. The lowest BCUT2D eigenvalue weighted by Crippen LogP contribution is -2.33. The maximum absolute atomic E-state index is 11.2. The van der Waals surface area contributed by atoms with Crippen molar-refractivity contribution in [3.05, 3.63) is 0 Å². The Balaban J connectivity index is 3.80. The first-order chi connectivity index (χ1) is 6.65. The molecule has 14 heavy (non-hydrogen) atoms. The smallest absolute Gasteiger partial charge is 0.237 e. The van der Waals surface area contributed by atoms with Crippen molar-refractivity contribution in [2.45, 2.75) is 26.7 Å². The molecule has 0 fully saturated rings. The molecule has 2 unspecified atom stereocenters. The maximum Gasteiger partial charge on any atom is 0.237 e. The molecule has 0 aromatic heterocycles. The number of aliphatic hydroxyl groups is 1. The summed E-state index contributed by atoms with van der Waals surface area (Å²) in [6.07, 6.45) is 1.61. The van der Waals surface area contributed by atoms with Crippen LogP contribution in [0, 0.1) is 23.2 Å². The highest BCUT2D eigenvalue weighted by molar-refractivity contribution is 5.80.